The van der Waals surface area contributed by atoms with Crippen molar-refractivity contribution in [2.75, 3.05) is 20.3 Å². The highest BCUT2D eigenvalue weighted by Crippen LogP contribution is 2.36. The minimum Gasteiger partial charge on any atom is -0.459 e. The van der Waals surface area contributed by atoms with Crippen LogP contribution in [0.25, 0.3) is 0 Å². The molecule has 4 aromatic carbocycles. The molecule has 0 radical (unpaired) electrons. The number of esters is 1. The summed E-state index contributed by atoms with van der Waals surface area (Å²) < 4.78 is 61.7. The van der Waals surface area contributed by atoms with Gasteiger partial charge in [0, 0.05) is 13.5 Å². The standard InChI is InChI=1S/C42H44O12/c1-45-41-39(48-25-30-18-10-4-11-19-30)38(47-24-29-16-8-3-9-17-29)37(33(51-41)26-46-23-28-14-6-2-7-15-28)53-35-22-32-36(54-42(44)52-32)34(50-35)27-49-40(43)31-20-12-5-13-21-31/h2-21,32-39,41H,22-27H2,1H3/t32-,33-,34-,35?,36+,37-,38+,39-,41+/m1/s1. The zero-order valence-electron chi connectivity index (χ0n) is 29.9. The van der Waals surface area contributed by atoms with E-state index in [4.69, 9.17) is 47.4 Å². The first-order valence-electron chi connectivity index (χ1n) is 18.1. The average Bonchev–Trinajstić information content (AvgIpc) is 3.60. The Kier molecular flexibility index (Phi) is 13.0. The Morgan fingerprint density at radius 1 is 0.648 bits per heavy atom. The minimum atomic E-state index is -0.955. The highest BCUT2D eigenvalue weighted by molar-refractivity contribution is 5.89. The fourth-order valence-corrected chi connectivity index (χ4v) is 6.77. The molecule has 0 aromatic heterocycles. The van der Waals surface area contributed by atoms with E-state index >= 15 is 0 Å². The second-order valence-corrected chi connectivity index (χ2v) is 13.2. The van der Waals surface area contributed by atoms with Gasteiger partial charge in [0.1, 0.15) is 43.2 Å². The highest BCUT2D eigenvalue weighted by atomic mass is 16.8. The molecule has 0 saturated carbocycles. The van der Waals surface area contributed by atoms with Crippen LogP contribution in [0.4, 0.5) is 4.79 Å². The topological polar surface area (TPSA) is 126 Å². The van der Waals surface area contributed by atoms with Crippen molar-refractivity contribution in [3.63, 3.8) is 0 Å². The van der Waals surface area contributed by atoms with Crippen molar-refractivity contribution in [2.45, 2.75) is 81.5 Å². The molecule has 54 heavy (non-hydrogen) atoms. The van der Waals surface area contributed by atoms with Crippen LogP contribution in [0, 0.1) is 0 Å². The van der Waals surface area contributed by atoms with Crippen molar-refractivity contribution in [1.29, 1.82) is 0 Å². The SMILES string of the molecule is CO[C@H]1O[C@H](COCc2ccccc2)[C@@H](OC2C[C@H]3OC(=O)O[C@@H]3[C@@H](COC(=O)c3ccccc3)O2)[C@H](OCc2ccccc2)[C@H]1OCc1ccccc1. The van der Waals surface area contributed by atoms with Crippen LogP contribution in [0.5, 0.6) is 0 Å². The van der Waals surface area contributed by atoms with Crippen LogP contribution in [-0.4, -0.2) is 87.8 Å². The molecule has 0 N–H and O–H groups in total. The maximum absolute atomic E-state index is 12.9. The number of carbonyl (C=O) groups excluding carboxylic acids is 2. The van der Waals surface area contributed by atoms with Crippen molar-refractivity contribution in [3.8, 4) is 0 Å². The van der Waals surface area contributed by atoms with Crippen LogP contribution in [-0.2, 0) is 67.2 Å². The van der Waals surface area contributed by atoms with Gasteiger partial charge >= 0.3 is 12.1 Å². The Hall–Kier alpha value is -4.66. The fraction of sp³-hybridized carbons (Fsp3) is 0.381. The number of benzene rings is 4. The Bertz CT molecular complexity index is 1740. The average molecular weight is 741 g/mol. The summed E-state index contributed by atoms with van der Waals surface area (Å²) in [6.07, 6.45) is -7.94. The third kappa shape index (κ3) is 9.71. The molecule has 4 aromatic rings. The molecule has 3 saturated heterocycles. The molecule has 9 atom stereocenters. The van der Waals surface area contributed by atoms with Gasteiger partial charge in [0.2, 0.25) is 0 Å². The number of methoxy groups -OCH3 is 1. The Labute approximate surface area is 314 Å². The lowest BCUT2D eigenvalue weighted by Gasteiger charge is -2.47. The number of hydrogen-bond donors (Lipinski definition) is 0. The molecular weight excluding hydrogens is 696 g/mol. The molecule has 3 aliphatic rings. The molecule has 0 amide bonds. The second-order valence-electron chi connectivity index (χ2n) is 13.2. The molecule has 1 unspecified atom stereocenters. The third-order valence-electron chi connectivity index (χ3n) is 9.45. The summed E-state index contributed by atoms with van der Waals surface area (Å²) in [6.45, 7) is 0.738. The predicted octanol–water partition coefficient (Wildman–Crippen LogP) is 6.01. The second kappa shape index (κ2) is 18.6. The first kappa shape index (κ1) is 37.6. The number of fused-ring (bicyclic) bond motifs is 1. The van der Waals surface area contributed by atoms with Gasteiger partial charge in [-0.2, -0.15) is 0 Å². The fourth-order valence-electron chi connectivity index (χ4n) is 6.77. The van der Waals surface area contributed by atoms with Crippen molar-refractivity contribution >= 4 is 12.1 Å². The van der Waals surface area contributed by atoms with E-state index in [9.17, 15) is 9.59 Å². The highest BCUT2D eigenvalue weighted by Gasteiger charge is 2.53. The molecule has 12 nitrogen and oxygen atoms in total. The van der Waals surface area contributed by atoms with Gasteiger partial charge in [0.15, 0.2) is 18.7 Å². The molecule has 12 heteroatoms. The molecule has 3 heterocycles. The van der Waals surface area contributed by atoms with Crippen LogP contribution in [0.1, 0.15) is 33.5 Å². The van der Waals surface area contributed by atoms with Gasteiger partial charge < -0.3 is 47.4 Å². The van der Waals surface area contributed by atoms with E-state index in [0.717, 1.165) is 16.7 Å². The summed E-state index contributed by atoms with van der Waals surface area (Å²) in [5, 5.41) is 0. The summed E-state index contributed by atoms with van der Waals surface area (Å²) in [7, 11) is 1.56. The van der Waals surface area contributed by atoms with E-state index in [0.29, 0.717) is 12.2 Å². The van der Waals surface area contributed by atoms with Crippen molar-refractivity contribution in [3.05, 3.63) is 144 Å². The van der Waals surface area contributed by atoms with Gasteiger partial charge in [-0.1, -0.05) is 109 Å². The molecular formula is C42H44O12. The summed E-state index contributed by atoms with van der Waals surface area (Å²) in [5.74, 6) is -0.543. The lowest BCUT2D eigenvalue weighted by molar-refractivity contribution is -0.349. The molecule has 284 valence electrons. The van der Waals surface area contributed by atoms with Gasteiger partial charge in [0.25, 0.3) is 0 Å². The molecule has 7 rings (SSSR count). The molecule has 3 aliphatic heterocycles. The quantitative estimate of drug-likeness (QED) is 0.125. The smallest absolute Gasteiger partial charge is 0.459 e. The zero-order chi connectivity index (χ0) is 37.1. The largest absolute Gasteiger partial charge is 0.509 e. The molecule has 0 bridgehead atoms. The number of ether oxygens (including phenoxy) is 10. The van der Waals surface area contributed by atoms with Crippen molar-refractivity contribution < 1.29 is 57.0 Å². The minimum absolute atomic E-state index is 0.116. The first-order valence-corrected chi connectivity index (χ1v) is 18.1. The Morgan fingerprint density at radius 2 is 1.22 bits per heavy atom. The monoisotopic (exact) mass is 740 g/mol. The van der Waals surface area contributed by atoms with Crippen LogP contribution < -0.4 is 0 Å². The van der Waals surface area contributed by atoms with Crippen molar-refractivity contribution in [2.24, 2.45) is 0 Å². The summed E-state index contributed by atoms with van der Waals surface area (Å²) in [6, 6.07) is 38.0. The zero-order valence-corrected chi connectivity index (χ0v) is 29.9. The summed E-state index contributed by atoms with van der Waals surface area (Å²) in [5.41, 5.74) is 3.27. The number of carbonyl (C=O) groups is 2. The van der Waals surface area contributed by atoms with Gasteiger partial charge in [-0.05, 0) is 28.8 Å². The summed E-state index contributed by atoms with van der Waals surface area (Å²) in [4.78, 5) is 25.2. The van der Waals surface area contributed by atoms with Gasteiger partial charge in [-0.25, -0.2) is 9.59 Å². The predicted molar refractivity (Wildman–Crippen MR) is 192 cm³/mol. The van der Waals surface area contributed by atoms with Crippen LogP contribution in [0.15, 0.2) is 121 Å². The van der Waals surface area contributed by atoms with Gasteiger partial charge in [-0.3, -0.25) is 0 Å². The number of hydrogen-bond acceptors (Lipinski definition) is 12. The van der Waals surface area contributed by atoms with E-state index in [1.54, 1.807) is 37.4 Å². The lowest BCUT2D eigenvalue weighted by atomic mass is 9.97. The summed E-state index contributed by atoms with van der Waals surface area (Å²) >= 11 is 0. The first-order chi connectivity index (χ1) is 26.5. The third-order valence-corrected chi connectivity index (χ3v) is 9.45. The van der Waals surface area contributed by atoms with Crippen LogP contribution >= 0.6 is 0 Å². The lowest BCUT2D eigenvalue weighted by Crippen LogP contribution is -2.63. The Balaban J connectivity index is 1.15. The van der Waals surface area contributed by atoms with E-state index in [-0.39, 0.29) is 32.8 Å². The van der Waals surface area contributed by atoms with E-state index in [1.807, 2.05) is 91.0 Å². The molecule has 0 spiro atoms. The van der Waals surface area contributed by atoms with Gasteiger partial charge in [-0.15, -0.1) is 0 Å². The van der Waals surface area contributed by atoms with Crippen LogP contribution in [0.2, 0.25) is 0 Å². The normalized spacial score (nSPS) is 27.7. The van der Waals surface area contributed by atoms with E-state index in [2.05, 4.69) is 0 Å². The van der Waals surface area contributed by atoms with Crippen LogP contribution in [0.3, 0.4) is 0 Å². The molecule has 0 aliphatic carbocycles. The van der Waals surface area contributed by atoms with E-state index in [1.165, 1.54) is 0 Å². The maximum atomic E-state index is 12.9. The van der Waals surface area contributed by atoms with Crippen molar-refractivity contribution in [1.82, 2.24) is 0 Å². The van der Waals surface area contributed by atoms with E-state index < -0.39 is 67.4 Å². The van der Waals surface area contributed by atoms with Gasteiger partial charge in [0.05, 0.1) is 32.0 Å². The molecule has 3 fully saturated rings. The number of rotatable bonds is 16. The maximum Gasteiger partial charge on any atom is 0.509 e. The Morgan fingerprint density at radius 3 is 1.83 bits per heavy atom.